The van der Waals surface area contributed by atoms with Gasteiger partial charge in [0, 0.05) is 38.3 Å². The van der Waals surface area contributed by atoms with E-state index in [1.54, 1.807) is 0 Å². The molecule has 2 heterocycles. The lowest BCUT2D eigenvalue weighted by Gasteiger charge is -2.38. The minimum atomic E-state index is 0.142. The van der Waals surface area contributed by atoms with Crippen molar-refractivity contribution in [2.75, 3.05) is 32.8 Å². The molecule has 3 rings (SSSR count). The van der Waals surface area contributed by atoms with Crippen LogP contribution in [0.4, 0.5) is 0 Å². The Balaban J connectivity index is 1.53. The number of piperazine rings is 1. The van der Waals surface area contributed by atoms with Crippen LogP contribution in [0.2, 0.25) is 0 Å². The summed E-state index contributed by atoms with van der Waals surface area (Å²) in [5.41, 5.74) is 2.59. The average Bonchev–Trinajstić information content (AvgIpc) is 2.56. The van der Waals surface area contributed by atoms with Gasteiger partial charge in [0.25, 0.3) is 0 Å². The zero-order chi connectivity index (χ0) is 15.4. The fourth-order valence-corrected chi connectivity index (χ4v) is 3.54. The molecule has 2 aliphatic rings. The molecule has 0 aromatic heterocycles. The van der Waals surface area contributed by atoms with Gasteiger partial charge in [-0.05, 0) is 18.9 Å². The highest BCUT2D eigenvalue weighted by Gasteiger charge is 2.24. The molecule has 22 heavy (non-hydrogen) atoms. The first kappa shape index (κ1) is 15.7. The van der Waals surface area contributed by atoms with Crippen molar-refractivity contribution in [3.05, 3.63) is 47.5 Å². The molecule has 0 aliphatic carbocycles. The number of thiocarbonyl (C=S) groups is 1. The van der Waals surface area contributed by atoms with Crippen molar-refractivity contribution < 1.29 is 4.74 Å². The first-order chi connectivity index (χ1) is 10.7. The highest BCUT2D eigenvalue weighted by molar-refractivity contribution is 7.80. The Labute approximate surface area is 138 Å². The second-order valence-electron chi connectivity index (χ2n) is 6.02. The van der Waals surface area contributed by atoms with Crippen LogP contribution >= 0.6 is 12.2 Å². The van der Waals surface area contributed by atoms with Gasteiger partial charge in [0.05, 0.1) is 12.7 Å². The molecule has 0 spiro atoms. The first-order valence-electron chi connectivity index (χ1n) is 8.11. The SMILES string of the molecule is CC1OCCC=C1C(=S)N1CCN(Cc2ccccc2)CC1. The van der Waals surface area contributed by atoms with Crippen molar-refractivity contribution in [3.63, 3.8) is 0 Å². The quantitative estimate of drug-likeness (QED) is 0.797. The van der Waals surface area contributed by atoms with Crippen LogP contribution < -0.4 is 0 Å². The summed E-state index contributed by atoms with van der Waals surface area (Å²) in [7, 11) is 0. The molecule has 1 aromatic rings. The van der Waals surface area contributed by atoms with E-state index in [0.717, 1.165) is 50.7 Å². The Hall–Kier alpha value is -1.23. The van der Waals surface area contributed by atoms with Crippen molar-refractivity contribution in [2.45, 2.75) is 26.0 Å². The van der Waals surface area contributed by atoms with Gasteiger partial charge >= 0.3 is 0 Å². The fourth-order valence-electron chi connectivity index (χ4n) is 3.11. The van der Waals surface area contributed by atoms with E-state index in [1.807, 2.05) is 0 Å². The Morgan fingerprint density at radius 1 is 1.18 bits per heavy atom. The molecular weight excluding hydrogens is 292 g/mol. The minimum Gasteiger partial charge on any atom is -0.373 e. The van der Waals surface area contributed by atoms with Crippen molar-refractivity contribution in [1.29, 1.82) is 0 Å². The first-order valence-corrected chi connectivity index (χ1v) is 8.52. The summed E-state index contributed by atoms with van der Waals surface area (Å²) in [6.07, 6.45) is 3.38. The Morgan fingerprint density at radius 2 is 1.91 bits per heavy atom. The maximum absolute atomic E-state index is 5.71. The maximum Gasteiger partial charge on any atom is 0.107 e. The zero-order valence-electron chi connectivity index (χ0n) is 13.2. The Bertz CT molecular complexity index is 535. The van der Waals surface area contributed by atoms with Crippen LogP contribution in [0.5, 0.6) is 0 Å². The van der Waals surface area contributed by atoms with E-state index in [4.69, 9.17) is 17.0 Å². The lowest BCUT2D eigenvalue weighted by molar-refractivity contribution is 0.0860. The third kappa shape index (κ3) is 3.75. The van der Waals surface area contributed by atoms with Crippen LogP contribution in [0.15, 0.2) is 42.0 Å². The van der Waals surface area contributed by atoms with E-state index >= 15 is 0 Å². The summed E-state index contributed by atoms with van der Waals surface area (Å²) in [6, 6.07) is 10.7. The van der Waals surface area contributed by atoms with Crippen LogP contribution in [0.25, 0.3) is 0 Å². The van der Waals surface area contributed by atoms with Crippen molar-refractivity contribution in [3.8, 4) is 0 Å². The lowest BCUT2D eigenvalue weighted by atomic mass is 10.1. The van der Waals surface area contributed by atoms with E-state index in [9.17, 15) is 0 Å². The number of hydrogen-bond acceptors (Lipinski definition) is 3. The van der Waals surface area contributed by atoms with Gasteiger partial charge in [0.1, 0.15) is 4.99 Å². The number of hydrogen-bond donors (Lipinski definition) is 0. The van der Waals surface area contributed by atoms with E-state index in [2.05, 4.69) is 53.1 Å². The van der Waals surface area contributed by atoms with Crippen LogP contribution in [0.3, 0.4) is 0 Å². The number of rotatable bonds is 3. The fraction of sp³-hybridized carbons (Fsp3) is 0.500. The van der Waals surface area contributed by atoms with Crippen molar-refractivity contribution in [2.24, 2.45) is 0 Å². The number of ether oxygens (including phenoxy) is 1. The molecule has 0 amide bonds. The molecular formula is C18H24N2OS. The molecule has 1 aromatic carbocycles. The van der Waals surface area contributed by atoms with Gasteiger partial charge in [-0.1, -0.05) is 48.6 Å². The Morgan fingerprint density at radius 3 is 2.59 bits per heavy atom. The second kappa shape index (κ2) is 7.36. The van der Waals surface area contributed by atoms with Gasteiger partial charge < -0.3 is 9.64 Å². The minimum absolute atomic E-state index is 0.142. The van der Waals surface area contributed by atoms with Crippen LogP contribution in [0.1, 0.15) is 18.9 Å². The molecule has 1 unspecified atom stereocenters. The summed E-state index contributed by atoms with van der Waals surface area (Å²) < 4.78 is 5.71. The standard InChI is InChI=1S/C18H24N2OS/c1-15-17(8-5-13-21-15)18(22)20-11-9-19(10-12-20)14-16-6-3-2-4-7-16/h2-4,6-8,15H,5,9-14H2,1H3. The predicted molar refractivity (Wildman–Crippen MR) is 94.0 cm³/mol. The normalized spacial score (nSPS) is 23.2. The summed E-state index contributed by atoms with van der Waals surface area (Å²) in [6.45, 7) is 8.10. The van der Waals surface area contributed by atoms with Crippen molar-refractivity contribution >= 4 is 17.2 Å². The van der Waals surface area contributed by atoms with Gasteiger partial charge in [-0.3, -0.25) is 4.90 Å². The van der Waals surface area contributed by atoms with Gasteiger partial charge in [-0.15, -0.1) is 0 Å². The van der Waals surface area contributed by atoms with Crippen molar-refractivity contribution in [1.82, 2.24) is 9.80 Å². The third-order valence-electron chi connectivity index (χ3n) is 4.44. The average molecular weight is 316 g/mol. The number of benzene rings is 1. The summed E-state index contributed by atoms with van der Waals surface area (Å²) in [5, 5.41) is 0. The number of nitrogens with zero attached hydrogens (tertiary/aromatic N) is 2. The summed E-state index contributed by atoms with van der Waals surface area (Å²) in [4.78, 5) is 5.84. The van der Waals surface area contributed by atoms with E-state index in [1.165, 1.54) is 11.1 Å². The molecule has 0 saturated carbocycles. The molecule has 0 bridgehead atoms. The smallest absolute Gasteiger partial charge is 0.107 e. The van der Waals surface area contributed by atoms with Gasteiger partial charge in [-0.25, -0.2) is 0 Å². The molecule has 1 atom stereocenters. The zero-order valence-corrected chi connectivity index (χ0v) is 14.0. The van der Waals surface area contributed by atoms with Gasteiger partial charge in [0.15, 0.2) is 0 Å². The van der Waals surface area contributed by atoms with E-state index < -0.39 is 0 Å². The molecule has 3 nitrogen and oxygen atoms in total. The topological polar surface area (TPSA) is 15.7 Å². The van der Waals surface area contributed by atoms with Crippen LogP contribution in [0, 0.1) is 0 Å². The third-order valence-corrected chi connectivity index (χ3v) is 4.94. The molecule has 4 heteroatoms. The summed E-state index contributed by atoms with van der Waals surface area (Å²) in [5.74, 6) is 0. The lowest BCUT2D eigenvalue weighted by Crippen LogP contribution is -2.49. The predicted octanol–water partition coefficient (Wildman–Crippen LogP) is 2.87. The van der Waals surface area contributed by atoms with E-state index in [0.29, 0.717) is 0 Å². The largest absolute Gasteiger partial charge is 0.373 e. The van der Waals surface area contributed by atoms with Gasteiger partial charge in [0.2, 0.25) is 0 Å². The highest BCUT2D eigenvalue weighted by atomic mass is 32.1. The monoisotopic (exact) mass is 316 g/mol. The Kier molecular flexibility index (Phi) is 5.24. The molecule has 118 valence electrons. The molecule has 0 radical (unpaired) electrons. The molecule has 2 aliphatic heterocycles. The van der Waals surface area contributed by atoms with Crippen LogP contribution in [-0.2, 0) is 11.3 Å². The van der Waals surface area contributed by atoms with Gasteiger partial charge in [-0.2, -0.15) is 0 Å². The second-order valence-corrected chi connectivity index (χ2v) is 6.40. The summed E-state index contributed by atoms with van der Waals surface area (Å²) >= 11 is 5.70. The highest BCUT2D eigenvalue weighted by Crippen LogP contribution is 2.19. The molecule has 0 N–H and O–H groups in total. The maximum atomic E-state index is 5.71. The molecule has 1 saturated heterocycles. The van der Waals surface area contributed by atoms with Crippen LogP contribution in [-0.4, -0.2) is 53.7 Å². The molecule has 1 fully saturated rings. The van der Waals surface area contributed by atoms with E-state index in [-0.39, 0.29) is 6.10 Å².